The quantitative estimate of drug-likeness (QED) is 0.544. The lowest BCUT2D eigenvalue weighted by Crippen LogP contribution is -2.43. The van der Waals surface area contributed by atoms with Crippen molar-refractivity contribution in [3.05, 3.63) is 65.7 Å². The summed E-state index contributed by atoms with van der Waals surface area (Å²) in [6.45, 7) is 1.53. The van der Waals surface area contributed by atoms with Crippen molar-refractivity contribution in [2.75, 3.05) is 14.2 Å². The van der Waals surface area contributed by atoms with E-state index >= 15 is 0 Å². The summed E-state index contributed by atoms with van der Waals surface area (Å²) in [7, 11) is 2.54. The van der Waals surface area contributed by atoms with Gasteiger partial charge in [0.15, 0.2) is 5.41 Å². The lowest BCUT2D eigenvalue weighted by molar-refractivity contribution is -0.169. The van der Waals surface area contributed by atoms with Crippen LogP contribution in [0.1, 0.15) is 37.3 Å². The number of fused-ring (bicyclic) bond motifs is 2. The van der Waals surface area contributed by atoms with Gasteiger partial charge in [-0.1, -0.05) is 48.5 Å². The Morgan fingerprint density at radius 1 is 0.968 bits per heavy atom. The van der Waals surface area contributed by atoms with Gasteiger partial charge in [0.1, 0.15) is 5.78 Å². The van der Waals surface area contributed by atoms with Gasteiger partial charge in [-0.25, -0.2) is 0 Å². The summed E-state index contributed by atoms with van der Waals surface area (Å²) < 4.78 is 10.2. The normalized spacial score (nSPS) is 23.2. The molecule has 2 aromatic rings. The third kappa shape index (κ3) is 3.09. The smallest absolute Gasteiger partial charge is 0.323 e. The average molecular weight is 419 g/mol. The molecule has 1 spiro atoms. The average Bonchev–Trinajstić information content (AvgIpc) is 3.30. The number of nitrogens with zero attached hydrogens (tertiary/aromatic N) is 1. The van der Waals surface area contributed by atoms with Crippen LogP contribution in [0.15, 0.2) is 59.6 Å². The maximum atomic E-state index is 13.0. The number of methoxy groups -OCH3 is 2. The minimum Gasteiger partial charge on any atom is -0.468 e. The van der Waals surface area contributed by atoms with Crippen molar-refractivity contribution < 1.29 is 23.9 Å². The molecule has 0 aromatic heterocycles. The topological polar surface area (TPSA) is 82.0 Å². The number of aliphatic imine (C=N–C) groups is 1. The molecule has 160 valence electrons. The molecule has 2 unspecified atom stereocenters. The molecule has 31 heavy (non-hydrogen) atoms. The van der Waals surface area contributed by atoms with Crippen molar-refractivity contribution in [3.63, 3.8) is 0 Å². The maximum absolute atomic E-state index is 13.0. The zero-order valence-corrected chi connectivity index (χ0v) is 17.9. The number of ketones is 1. The lowest BCUT2D eigenvalue weighted by Gasteiger charge is -2.34. The molecule has 2 aromatic carbocycles. The van der Waals surface area contributed by atoms with E-state index in [1.807, 2.05) is 54.6 Å². The fourth-order valence-electron chi connectivity index (χ4n) is 5.47. The first-order chi connectivity index (χ1) is 14.9. The summed E-state index contributed by atoms with van der Waals surface area (Å²) in [5, 5.41) is 0. The van der Waals surface area contributed by atoms with E-state index in [0.717, 1.165) is 22.5 Å². The number of esters is 2. The summed E-state index contributed by atoms with van der Waals surface area (Å²) in [5.41, 5.74) is 1.10. The second-order valence-corrected chi connectivity index (χ2v) is 8.36. The number of rotatable bonds is 5. The maximum Gasteiger partial charge on any atom is 0.323 e. The number of hydrogen-bond donors (Lipinski definition) is 0. The van der Waals surface area contributed by atoms with Gasteiger partial charge < -0.3 is 14.3 Å². The molecule has 2 atom stereocenters. The standard InChI is InChI=1S/C25H25NO5/c1-16(27)13-18-14-24(22(28)30-2,23(29)31-3)15-25(18)19-11-7-8-12-20(19)26-21(25)17-9-5-4-6-10-17/h4-12,18H,13-15H2,1-3H3. The minimum atomic E-state index is -1.50. The van der Waals surface area contributed by atoms with Crippen LogP contribution in [-0.2, 0) is 29.3 Å². The zero-order chi connectivity index (χ0) is 22.2. The number of hydrogen-bond acceptors (Lipinski definition) is 6. The number of carbonyl (C=O) groups excluding carboxylic acids is 3. The number of carbonyl (C=O) groups is 3. The minimum absolute atomic E-state index is 0.00769. The molecule has 0 amide bonds. The second kappa shape index (κ2) is 7.76. The molecule has 2 aliphatic rings. The molecule has 1 saturated carbocycles. The Kier molecular flexibility index (Phi) is 5.25. The zero-order valence-electron chi connectivity index (χ0n) is 17.9. The fourth-order valence-corrected chi connectivity index (χ4v) is 5.47. The molecule has 1 heterocycles. The Morgan fingerprint density at radius 2 is 1.58 bits per heavy atom. The van der Waals surface area contributed by atoms with Crippen LogP contribution >= 0.6 is 0 Å². The van der Waals surface area contributed by atoms with Crippen LogP contribution in [0.3, 0.4) is 0 Å². The first kappa shape index (κ1) is 21.0. The molecular formula is C25H25NO5. The van der Waals surface area contributed by atoms with Crippen LogP contribution in [0.25, 0.3) is 0 Å². The van der Waals surface area contributed by atoms with E-state index in [4.69, 9.17) is 14.5 Å². The van der Waals surface area contributed by atoms with Crippen molar-refractivity contribution in [3.8, 4) is 0 Å². The van der Waals surface area contributed by atoms with Gasteiger partial charge >= 0.3 is 11.9 Å². The van der Waals surface area contributed by atoms with Gasteiger partial charge in [0.25, 0.3) is 0 Å². The largest absolute Gasteiger partial charge is 0.468 e. The van der Waals surface area contributed by atoms with Crippen molar-refractivity contribution in [1.82, 2.24) is 0 Å². The Morgan fingerprint density at radius 3 is 2.19 bits per heavy atom. The predicted molar refractivity (Wildman–Crippen MR) is 115 cm³/mol. The van der Waals surface area contributed by atoms with E-state index in [1.54, 1.807) is 0 Å². The number of ether oxygens (including phenoxy) is 2. The first-order valence-corrected chi connectivity index (χ1v) is 10.3. The van der Waals surface area contributed by atoms with Crippen LogP contribution < -0.4 is 0 Å². The van der Waals surface area contributed by atoms with Crippen molar-refractivity contribution in [2.45, 2.75) is 31.6 Å². The number of benzene rings is 2. The van der Waals surface area contributed by atoms with Crippen molar-refractivity contribution in [1.29, 1.82) is 0 Å². The Bertz CT molecular complexity index is 1060. The van der Waals surface area contributed by atoms with E-state index in [9.17, 15) is 14.4 Å². The summed E-state index contributed by atoms with van der Waals surface area (Å²) in [4.78, 5) is 43.3. The number of para-hydroxylation sites is 1. The van der Waals surface area contributed by atoms with Gasteiger partial charge in [0.2, 0.25) is 0 Å². The highest BCUT2D eigenvalue weighted by Crippen LogP contribution is 2.62. The summed E-state index contributed by atoms with van der Waals surface area (Å²) in [6.07, 6.45) is 0.518. The van der Waals surface area contributed by atoms with Crippen LogP contribution in [0, 0.1) is 11.3 Å². The van der Waals surface area contributed by atoms with Crippen LogP contribution in [0.2, 0.25) is 0 Å². The van der Waals surface area contributed by atoms with Crippen LogP contribution in [0.5, 0.6) is 0 Å². The van der Waals surface area contributed by atoms with Crippen molar-refractivity contribution in [2.24, 2.45) is 16.3 Å². The summed E-state index contributed by atoms with van der Waals surface area (Å²) >= 11 is 0. The Labute approximate surface area is 181 Å². The number of Topliss-reactive ketones (excluding diaryl/α,β-unsaturated/α-hetero) is 1. The molecule has 1 aliphatic heterocycles. The highest BCUT2D eigenvalue weighted by Gasteiger charge is 2.67. The SMILES string of the molecule is COC(=O)C1(C(=O)OC)CC(CC(C)=O)C2(C1)C(c1ccccc1)=Nc1ccccc12. The Hall–Kier alpha value is -3.28. The monoisotopic (exact) mass is 419 g/mol. The van der Waals surface area contributed by atoms with Gasteiger partial charge in [-0.05, 0) is 42.9 Å². The molecule has 6 nitrogen and oxygen atoms in total. The first-order valence-electron chi connectivity index (χ1n) is 10.3. The molecule has 4 rings (SSSR count). The summed E-state index contributed by atoms with van der Waals surface area (Å²) in [6, 6.07) is 17.4. The molecule has 1 fully saturated rings. The molecule has 6 heteroatoms. The van der Waals surface area contributed by atoms with Crippen molar-refractivity contribution >= 4 is 29.1 Å². The predicted octanol–water partition coefficient (Wildman–Crippen LogP) is 3.78. The molecule has 0 bridgehead atoms. The van der Waals surface area contributed by atoms with Gasteiger partial charge in [-0.3, -0.25) is 14.6 Å². The van der Waals surface area contributed by atoms with Crippen LogP contribution in [0.4, 0.5) is 5.69 Å². The molecule has 0 radical (unpaired) electrons. The van der Waals surface area contributed by atoms with Gasteiger partial charge in [0, 0.05) is 11.8 Å². The third-order valence-corrected chi connectivity index (χ3v) is 6.65. The Balaban J connectivity index is 1.99. The van der Waals surface area contributed by atoms with E-state index in [-0.39, 0.29) is 31.0 Å². The molecule has 1 aliphatic carbocycles. The second-order valence-electron chi connectivity index (χ2n) is 8.36. The van der Waals surface area contributed by atoms with E-state index in [1.165, 1.54) is 21.1 Å². The van der Waals surface area contributed by atoms with E-state index in [0.29, 0.717) is 0 Å². The highest BCUT2D eigenvalue weighted by atomic mass is 16.5. The third-order valence-electron chi connectivity index (χ3n) is 6.65. The van der Waals surface area contributed by atoms with Gasteiger partial charge in [0.05, 0.1) is 25.6 Å². The molecule has 0 saturated heterocycles. The van der Waals surface area contributed by atoms with E-state index < -0.39 is 22.8 Å². The van der Waals surface area contributed by atoms with Gasteiger partial charge in [-0.2, -0.15) is 0 Å². The summed E-state index contributed by atoms with van der Waals surface area (Å²) in [5.74, 6) is -1.60. The highest BCUT2D eigenvalue weighted by molar-refractivity contribution is 6.15. The molecular weight excluding hydrogens is 394 g/mol. The lowest BCUT2D eigenvalue weighted by atomic mass is 9.66. The molecule has 0 N–H and O–H groups in total. The van der Waals surface area contributed by atoms with Crippen LogP contribution in [-0.4, -0.2) is 37.7 Å². The van der Waals surface area contributed by atoms with Gasteiger partial charge in [-0.15, -0.1) is 0 Å². The van der Waals surface area contributed by atoms with E-state index in [2.05, 4.69) is 0 Å². The fraction of sp³-hybridized carbons (Fsp3) is 0.360.